The number of benzene rings is 2. The van der Waals surface area contributed by atoms with Crippen molar-refractivity contribution in [2.75, 3.05) is 36.4 Å². The molecule has 2 aliphatic rings. The van der Waals surface area contributed by atoms with E-state index in [1.807, 2.05) is 30.3 Å². The monoisotopic (exact) mass is 406 g/mol. The van der Waals surface area contributed by atoms with E-state index in [0.717, 1.165) is 37.1 Å². The highest BCUT2D eigenvalue weighted by molar-refractivity contribution is 7.18. The molecule has 29 heavy (non-hydrogen) atoms. The van der Waals surface area contributed by atoms with Crippen LogP contribution in [-0.4, -0.2) is 47.9 Å². The first-order chi connectivity index (χ1) is 14.2. The van der Waals surface area contributed by atoms with E-state index in [4.69, 9.17) is 4.98 Å². The highest BCUT2D eigenvalue weighted by atomic mass is 32.1. The van der Waals surface area contributed by atoms with Gasteiger partial charge in [0, 0.05) is 5.92 Å². The summed E-state index contributed by atoms with van der Waals surface area (Å²) < 4.78 is 1.24. The number of anilines is 2. The quantitative estimate of drug-likeness (QED) is 0.723. The van der Waals surface area contributed by atoms with Gasteiger partial charge in [-0.3, -0.25) is 19.4 Å². The maximum Gasteiger partial charge on any atom is 0.244 e. The van der Waals surface area contributed by atoms with Gasteiger partial charge in [-0.05, 0) is 50.2 Å². The van der Waals surface area contributed by atoms with Gasteiger partial charge in [0.1, 0.15) is 6.54 Å². The first kappa shape index (κ1) is 18.3. The number of carbonyl (C=O) groups excluding carboxylic acids is 2. The topological polar surface area (TPSA) is 65.5 Å². The molecule has 0 aliphatic carbocycles. The third kappa shape index (κ3) is 3.63. The first-order valence-electron chi connectivity index (χ1n) is 9.94. The van der Waals surface area contributed by atoms with Crippen molar-refractivity contribution in [1.29, 1.82) is 0 Å². The van der Waals surface area contributed by atoms with E-state index in [2.05, 4.69) is 28.4 Å². The van der Waals surface area contributed by atoms with E-state index in [1.165, 1.54) is 9.71 Å². The molecule has 1 saturated heterocycles. The summed E-state index contributed by atoms with van der Waals surface area (Å²) in [6.07, 6.45) is 2.01. The van der Waals surface area contributed by atoms with Gasteiger partial charge in [-0.25, -0.2) is 4.98 Å². The summed E-state index contributed by atoms with van der Waals surface area (Å²) in [6, 6.07) is 15.7. The average molecular weight is 407 g/mol. The van der Waals surface area contributed by atoms with E-state index >= 15 is 0 Å². The highest BCUT2D eigenvalue weighted by Gasteiger charge is 2.29. The van der Waals surface area contributed by atoms with Gasteiger partial charge >= 0.3 is 0 Å². The zero-order valence-electron chi connectivity index (χ0n) is 16.0. The first-order valence-corrected chi connectivity index (χ1v) is 10.8. The van der Waals surface area contributed by atoms with Crippen molar-refractivity contribution < 1.29 is 9.59 Å². The van der Waals surface area contributed by atoms with Gasteiger partial charge in [-0.2, -0.15) is 0 Å². The van der Waals surface area contributed by atoms with Crippen LogP contribution in [0.1, 0.15) is 23.8 Å². The van der Waals surface area contributed by atoms with Crippen LogP contribution in [0.5, 0.6) is 0 Å². The fourth-order valence-electron chi connectivity index (χ4n) is 4.14. The normalized spacial score (nSPS) is 17.9. The Hall–Kier alpha value is -2.77. The molecule has 2 aromatic carbocycles. The number of para-hydroxylation sites is 3. The number of nitrogens with zero attached hydrogens (tertiary/aromatic N) is 3. The largest absolute Gasteiger partial charge is 0.323 e. The van der Waals surface area contributed by atoms with E-state index < -0.39 is 0 Å². The Morgan fingerprint density at radius 3 is 2.69 bits per heavy atom. The summed E-state index contributed by atoms with van der Waals surface area (Å²) in [7, 11) is 0. The fourth-order valence-corrected chi connectivity index (χ4v) is 5.27. The third-order valence-electron chi connectivity index (χ3n) is 5.68. The molecule has 148 valence electrons. The number of amides is 2. The molecule has 7 heteroatoms. The lowest BCUT2D eigenvalue weighted by Crippen LogP contribution is -2.47. The lowest BCUT2D eigenvalue weighted by atomic mass is 9.97. The number of nitrogens with one attached hydrogen (secondary N) is 1. The summed E-state index contributed by atoms with van der Waals surface area (Å²) in [6.45, 7) is 2.16. The number of fused-ring (bicyclic) bond motifs is 2. The molecule has 2 amide bonds. The summed E-state index contributed by atoms with van der Waals surface area (Å²) >= 11 is 1.78. The van der Waals surface area contributed by atoms with E-state index in [0.29, 0.717) is 18.2 Å². The van der Waals surface area contributed by atoms with Crippen molar-refractivity contribution in [3.05, 3.63) is 53.5 Å². The molecule has 1 fully saturated rings. The van der Waals surface area contributed by atoms with Crippen LogP contribution in [0, 0.1) is 0 Å². The number of piperidine rings is 1. The molecule has 6 nitrogen and oxygen atoms in total. The van der Waals surface area contributed by atoms with Crippen LogP contribution in [0.25, 0.3) is 10.2 Å². The average Bonchev–Trinajstić information content (AvgIpc) is 3.18. The van der Waals surface area contributed by atoms with Crippen LogP contribution in [0.3, 0.4) is 0 Å². The van der Waals surface area contributed by atoms with Crippen molar-refractivity contribution in [2.45, 2.75) is 18.8 Å². The Labute approximate surface area is 173 Å². The summed E-state index contributed by atoms with van der Waals surface area (Å²) in [5.41, 5.74) is 2.56. The molecule has 0 atom stereocenters. The minimum Gasteiger partial charge on any atom is -0.323 e. The van der Waals surface area contributed by atoms with E-state index in [-0.39, 0.29) is 18.4 Å². The molecular weight excluding hydrogens is 384 g/mol. The number of likely N-dealkylation sites (tertiary alicyclic amines) is 1. The van der Waals surface area contributed by atoms with Crippen LogP contribution >= 0.6 is 11.3 Å². The van der Waals surface area contributed by atoms with Crippen LogP contribution < -0.4 is 10.2 Å². The van der Waals surface area contributed by atoms with Gasteiger partial charge in [-0.1, -0.05) is 24.3 Å². The van der Waals surface area contributed by atoms with Crippen molar-refractivity contribution in [3.63, 3.8) is 0 Å². The lowest BCUT2D eigenvalue weighted by Gasteiger charge is -2.34. The number of hydrogen-bond donors (Lipinski definition) is 1. The van der Waals surface area contributed by atoms with Crippen LogP contribution in [0.4, 0.5) is 11.4 Å². The summed E-state index contributed by atoms with van der Waals surface area (Å²) in [5, 5.41) is 4.04. The fraction of sp³-hybridized carbons (Fsp3) is 0.318. The zero-order chi connectivity index (χ0) is 19.8. The molecule has 1 N–H and O–H groups in total. The minimum atomic E-state index is -0.147. The molecular formula is C22H22N4O2S. The van der Waals surface area contributed by atoms with Crippen molar-refractivity contribution in [2.24, 2.45) is 0 Å². The second-order valence-corrected chi connectivity index (χ2v) is 8.68. The van der Waals surface area contributed by atoms with E-state index in [9.17, 15) is 9.59 Å². The Morgan fingerprint density at radius 1 is 1.10 bits per heavy atom. The van der Waals surface area contributed by atoms with Crippen LogP contribution in [0.15, 0.2) is 48.5 Å². The van der Waals surface area contributed by atoms with Gasteiger partial charge in [-0.15, -0.1) is 11.3 Å². The third-order valence-corrected chi connectivity index (χ3v) is 6.88. The Bertz CT molecular complexity index is 1040. The van der Waals surface area contributed by atoms with Gasteiger partial charge in [0.2, 0.25) is 11.8 Å². The predicted octanol–water partition coefficient (Wildman–Crippen LogP) is 3.46. The van der Waals surface area contributed by atoms with Crippen molar-refractivity contribution in [3.8, 4) is 0 Å². The number of thiazole rings is 1. The summed E-state index contributed by atoms with van der Waals surface area (Å²) in [5.74, 6) is 0.289. The van der Waals surface area contributed by atoms with Gasteiger partial charge in [0.15, 0.2) is 0 Å². The Morgan fingerprint density at radius 2 is 1.86 bits per heavy atom. The molecule has 2 aliphatic heterocycles. The molecule has 0 unspecified atom stereocenters. The number of rotatable bonds is 3. The SMILES string of the molecule is O=C1CN(C(=O)CN2CCC(c3nc4ccccc4s3)CC2)c2ccccc2N1. The molecule has 0 saturated carbocycles. The molecule has 0 bridgehead atoms. The van der Waals surface area contributed by atoms with Crippen molar-refractivity contribution >= 4 is 44.7 Å². The Kier molecular flexibility index (Phi) is 4.77. The lowest BCUT2D eigenvalue weighted by molar-refractivity contribution is -0.122. The maximum absolute atomic E-state index is 12.9. The molecule has 3 heterocycles. The Balaban J connectivity index is 1.23. The van der Waals surface area contributed by atoms with Crippen LogP contribution in [-0.2, 0) is 9.59 Å². The standard InChI is InChI=1S/C22H22N4O2S/c27-20-13-26(18-7-3-1-5-16(18)23-20)21(28)14-25-11-9-15(10-12-25)22-24-17-6-2-4-8-19(17)29-22/h1-8,15H,9-14H2,(H,23,27). The van der Waals surface area contributed by atoms with E-state index in [1.54, 1.807) is 16.2 Å². The molecule has 0 spiro atoms. The highest BCUT2D eigenvalue weighted by Crippen LogP contribution is 2.34. The molecule has 0 radical (unpaired) electrons. The van der Waals surface area contributed by atoms with Gasteiger partial charge < -0.3 is 5.32 Å². The minimum absolute atomic E-state index is 0.0225. The van der Waals surface area contributed by atoms with Crippen molar-refractivity contribution in [1.82, 2.24) is 9.88 Å². The molecule has 5 rings (SSSR count). The van der Waals surface area contributed by atoms with Crippen LogP contribution in [0.2, 0.25) is 0 Å². The number of carbonyl (C=O) groups is 2. The maximum atomic E-state index is 12.9. The second kappa shape index (κ2) is 7.57. The zero-order valence-corrected chi connectivity index (χ0v) is 16.8. The second-order valence-electron chi connectivity index (χ2n) is 7.62. The number of hydrogen-bond acceptors (Lipinski definition) is 5. The van der Waals surface area contributed by atoms with Gasteiger partial charge in [0.25, 0.3) is 0 Å². The molecule has 3 aromatic rings. The predicted molar refractivity (Wildman–Crippen MR) is 115 cm³/mol. The smallest absolute Gasteiger partial charge is 0.244 e. The summed E-state index contributed by atoms with van der Waals surface area (Å²) in [4.78, 5) is 33.5. The number of aromatic nitrogens is 1. The van der Waals surface area contributed by atoms with Gasteiger partial charge in [0.05, 0.1) is 33.1 Å². The molecule has 1 aromatic heterocycles.